The number of benzene rings is 1. The zero-order valence-corrected chi connectivity index (χ0v) is 17.8. The van der Waals surface area contributed by atoms with Gasteiger partial charge in [-0.15, -0.1) is 11.3 Å². The van der Waals surface area contributed by atoms with Crippen LogP contribution in [0.15, 0.2) is 46.9 Å². The Bertz CT molecular complexity index is 1130. The smallest absolute Gasteiger partial charge is 0.321 e. The van der Waals surface area contributed by atoms with E-state index in [9.17, 15) is 17.6 Å². The average molecular weight is 451 g/mol. The van der Waals surface area contributed by atoms with Gasteiger partial charge in [-0.3, -0.25) is 5.32 Å². The van der Waals surface area contributed by atoms with Gasteiger partial charge in [-0.2, -0.15) is 0 Å². The van der Waals surface area contributed by atoms with Crippen molar-refractivity contribution < 1.29 is 17.6 Å². The predicted octanol–water partition coefficient (Wildman–Crippen LogP) is 2.43. The molecule has 1 aromatic carbocycles. The first kappa shape index (κ1) is 21.6. The van der Waals surface area contributed by atoms with Crippen LogP contribution in [0.3, 0.4) is 0 Å². The van der Waals surface area contributed by atoms with Crippen molar-refractivity contribution in [1.82, 2.24) is 20.3 Å². The Hall–Kier alpha value is -3.12. The Kier molecular flexibility index (Phi) is 6.57. The lowest BCUT2D eigenvalue weighted by molar-refractivity contribution is 0.251. The van der Waals surface area contributed by atoms with Gasteiger partial charge in [0.05, 0.1) is 23.8 Å². The highest BCUT2D eigenvalue weighted by molar-refractivity contribution is 7.90. The van der Waals surface area contributed by atoms with E-state index in [2.05, 4.69) is 25.6 Å². The molecule has 0 spiro atoms. The topological polar surface area (TPSA) is 117 Å². The number of rotatable bonds is 7. The Morgan fingerprint density at radius 3 is 2.63 bits per heavy atom. The van der Waals surface area contributed by atoms with Crippen molar-refractivity contribution >= 4 is 38.3 Å². The Morgan fingerprint density at radius 2 is 1.97 bits per heavy atom. The number of aromatic nitrogens is 3. The van der Waals surface area contributed by atoms with Crippen LogP contribution >= 0.6 is 11.3 Å². The van der Waals surface area contributed by atoms with E-state index in [-0.39, 0.29) is 33.8 Å². The summed E-state index contributed by atoms with van der Waals surface area (Å²) in [7, 11) is -0.181. The number of carbonyl (C=O) groups excluding carboxylic acids is 1. The minimum absolute atomic E-state index is 0.0107. The van der Waals surface area contributed by atoms with Crippen molar-refractivity contribution in [2.75, 3.05) is 24.3 Å². The molecule has 0 radical (unpaired) electrons. The van der Waals surface area contributed by atoms with Crippen LogP contribution in [0.4, 0.5) is 20.3 Å². The average Bonchev–Trinajstić information content (AvgIpc) is 3.12. The lowest BCUT2D eigenvalue weighted by atomic mass is 10.2. The van der Waals surface area contributed by atoms with Gasteiger partial charge in [-0.05, 0) is 17.7 Å². The van der Waals surface area contributed by atoms with Crippen LogP contribution in [0.5, 0.6) is 0 Å². The SMILES string of the molecule is CN(C)c1ncc(S(=O)(=O)Cc2csc(NC(=O)NCc3cccc(F)c3)n2)cn1. The lowest BCUT2D eigenvalue weighted by Crippen LogP contribution is -2.28. The Balaban J connectivity index is 1.58. The van der Waals surface area contributed by atoms with Gasteiger partial charge in [0, 0.05) is 26.0 Å². The van der Waals surface area contributed by atoms with Crippen LogP contribution in [0.1, 0.15) is 11.3 Å². The van der Waals surface area contributed by atoms with E-state index in [1.165, 1.54) is 24.5 Å². The van der Waals surface area contributed by atoms with Gasteiger partial charge in [-0.1, -0.05) is 12.1 Å². The van der Waals surface area contributed by atoms with Crippen LogP contribution in [-0.2, 0) is 22.1 Å². The number of urea groups is 1. The molecular formula is C18H19FN6O3S2. The quantitative estimate of drug-likeness (QED) is 0.568. The van der Waals surface area contributed by atoms with Crippen LogP contribution in [-0.4, -0.2) is 43.5 Å². The highest BCUT2D eigenvalue weighted by Crippen LogP contribution is 2.20. The molecule has 30 heavy (non-hydrogen) atoms. The summed E-state index contributed by atoms with van der Waals surface area (Å²) >= 11 is 1.10. The maximum atomic E-state index is 13.2. The molecule has 0 saturated heterocycles. The van der Waals surface area contributed by atoms with Crippen molar-refractivity contribution in [3.63, 3.8) is 0 Å². The number of anilines is 2. The standard InChI is InChI=1S/C18H19FN6O3S2/c1-25(2)16-20-8-15(9-21-16)30(27,28)11-14-10-29-18(23-14)24-17(26)22-7-12-4-3-5-13(19)6-12/h3-6,8-10H,7,11H2,1-2H3,(H2,22,23,24,26). The predicted molar refractivity (Wildman–Crippen MR) is 112 cm³/mol. The fourth-order valence-corrected chi connectivity index (χ4v) is 4.32. The summed E-state index contributed by atoms with van der Waals surface area (Å²) in [5.74, 6) is -0.332. The molecule has 3 aromatic rings. The molecule has 12 heteroatoms. The molecule has 0 unspecified atom stereocenters. The normalized spacial score (nSPS) is 11.2. The van der Waals surface area contributed by atoms with E-state index in [1.807, 2.05) is 0 Å². The van der Waals surface area contributed by atoms with E-state index in [0.29, 0.717) is 11.5 Å². The van der Waals surface area contributed by atoms with Crippen LogP contribution in [0.25, 0.3) is 0 Å². The van der Waals surface area contributed by atoms with E-state index >= 15 is 0 Å². The molecule has 158 valence electrons. The summed E-state index contributed by atoms with van der Waals surface area (Å²) in [5.41, 5.74) is 0.899. The zero-order valence-electron chi connectivity index (χ0n) is 16.2. The lowest BCUT2D eigenvalue weighted by Gasteiger charge is -2.09. The highest BCUT2D eigenvalue weighted by atomic mass is 32.2. The zero-order chi connectivity index (χ0) is 21.7. The van der Waals surface area contributed by atoms with Crippen LogP contribution in [0.2, 0.25) is 0 Å². The van der Waals surface area contributed by atoms with Crippen molar-refractivity contribution in [1.29, 1.82) is 0 Å². The maximum absolute atomic E-state index is 13.2. The van der Waals surface area contributed by atoms with Gasteiger partial charge in [0.2, 0.25) is 5.95 Å². The number of hydrogen-bond donors (Lipinski definition) is 2. The molecule has 0 aliphatic heterocycles. The molecule has 2 heterocycles. The Labute approximate surface area is 176 Å². The number of carbonyl (C=O) groups is 1. The van der Waals surface area contributed by atoms with E-state index in [1.54, 1.807) is 36.5 Å². The summed E-state index contributed by atoms with van der Waals surface area (Å²) < 4.78 is 38.2. The van der Waals surface area contributed by atoms with E-state index < -0.39 is 15.9 Å². The molecule has 2 aromatic heterocycles. The third kappa shape index (κ3) is 5.70. The third-order valence-electron chi connectivity index (χ3n) is 3.83. The molecule has 0 aliphatic rings. The van der Waals surface area contributed by atoms with Gasteiger partial charge in [-0.25, -0.2) is 32.6 Å². The number of halogens is 1. The summed E-state index contributed by atoms with van der Waals surface area (Å²) in [6.45, 7) is 0.138. The molecule has 0 fully saturated rings. The van der Waals surface area contributed by atoms with Gasteiger partial charge >= 0.3 is 6.03 Å². The number of nitrogens with zero attached hydrogens (tertiary/aromatic N) is 4. The maximum Gasteiger partial charge on any atom is 0.321 e. The van der Waals surface area contributed by atoms with Crippen molar-refractivity contribution in [2.45, 2.75) is 17.2 Å². The van der Waals surface area contributed by atoms with Gasteiger partial charge in [0.1, 0.15) is 10.7 Å². The molecule has 0 bridgehead atoms. The molecule has 0 atom stereocenters. The largest absolute Gasteiger partial charge is 0.347 e. The Morgan fingerprint density at radius 1 is 1.23 bits per heavy atom. The fourth-order valence-electron chi connectivity index (χ4n) is 2.38. The molecule has 3 rings (SSSR count). The minimum atomic E-state index is -3.68. The fraction of sp³-hybridized carbons (Fsp3) is 0.222. The van der Waals surface area contributed by atoms with E-state index in [4.69, 9.17) is 0 Å². The molecule has 0 aliphatic carbocycles. The van der Waals surface area contributed by atoms with Crippen molar-refractivity contribution in [2.24, 2.45) is 0 Å². The molecule has 9 nitrogen and oxygen atoms in total. The van der Waals surface area contributed by atoms with Crippen molar-refractivity contribution in [3.8, 4) is 0 Å². The number of amides is 2. The summed E-state index contributed by atoms with van der Waals surface area (Å²) in [6.07, 6.45) is 2.51. The van der Waals surface area contributed by atoms with Gasteiger partial charge < -0.3 is 10.2 Å². The van der Waals surface area contributed by atoms with Gasteiger partial charge in [0.25, 0.3) is 0 Å². The number of sulfone groups is 1. The van der Waals surface area contributed by atoms with Crippen LogP contribution < -0.4 is 15.5 Å². The van der Waals surface area contributed by atoms with Gasteiger partial charge in [0.15, 0.2) is 15.0 Å². The summed E-state index contributed by atoms with van der Waals surface area (Å²) in [6, 6.07) is 5.34. The number of thiazole rings is 1. The number of nitrogens with one attached hydrogen (secondary N) is 2. The first-order valence-electron chi connectivity index (χ1n) is 8.69. The summed E-state index contributed by atoms with van der Waals surface area (Å²) in [5, 5.41) is 6.91. The summed E-state index contributed by atoms with van der Waals surface area (Å²) in [4.78, 5) is 25.8. The first-order chi connectivity index (χ1) is 14.2. The second-order valence-electron chi connectivity index (χ2n) is 6.45. The van der Waals surface area contributed by atoms with E-state index in [0.717, 1.165) is 11.3 Å². The number of hydrogen-bond acceptors (Lipinski definition) is 8. The molecule has 2 amide bonds. The third-order valence-corrected chi connectivity index (χ3v) is 6.24. The second kappa shape index (κ2) is 9.13. The molecular weight excluding hydrogens is 431 g/mol. The minimum Gasteiger partial charge on any atom is -0.347 e. The monoisotopic (exact) mass is 450 g/mol. The first-order valence-corrected chi connectivity index (χ1v) is 11.2. The highest BCUT2D eigenvalue weighted by Gasteiger charge is 2.19. The second-order valence-corrected chi connectivity index (χ2v) is 9.30. The molecule has 2 N–H and O–H groups in total. The van der Waals surface area contributed by atoms with Crippen LogP contribution in [0, 0.1) is 5.82 Å². The molecule has 0 saturated carbocycles. The van der Waals surface area contributed by atoms with Crippen molar-refractivity contribution in [3.05, 3.63) is 59.1 Å².